The smallest absolute Gasteiger partial charge is 0.404 e. The molecule has 2 aliphatic rings. The largest absolute Gasteiger partial charge is 0.573 e. The molecule has 1 aromatic carbocycles. The molecule has 1 aliphatic heterocycles. The number of nitrogens with zero attached hydrogens (tertiary/aromatic N) is 4. The monoisotopic (exact) mass is 481 g/mol. The quantitative estimate of drug-likeness (QED) is 0.482. The number of nitriles is 1. The minimum atomic E-state index is -4.94. The van der Waals surface area contributed by atoms with Crippen LogP contribution >= 0.6 is 0 Å². The van der Waals surface area contributed by atoms with Gasteiger partial charge in [0.05, 0.1) is 29.9 Å². The Balaban J connectivity index is 1.57. The molecular formula is C23H18F3N7O2. The second-order valence-corrected chi connectivity index (χ2v) is 8.15. The molecule has 3 N–H and O–H groups in total. The van der Waals surface area contributed by atoms with Gasteiger partial charge in [0.1, 0.15) is 11.6 Å². The summed E-state index contributed by atoms with van der Waals surface area (Å²) in [6.45, 7) is 3.84. The Morgan fingerprint density at radius 1 is 1.31 bits per heavy atom. The molecule has 0 spiro atoms. The summed E-state index contributed by atoms with van der Waals surface area (Å²) in [4.78, 5) is 16.2. The first-order valence-corrected chi connectivity index (χ1v) is 10.6. The van der Waals surface area contributed by atoms with Crippen LogP contribution in [-0.2, 0) is 4.79 Å². The van der Waals surface area contributed by atoms with E-state index in [2.05, 4.69) is 37.3 Å². The van der Waals surface area contributed by atoms with Crippen molar-refractivity contribution in [3.05, 3.63) is 59.4 Å². The molecule has 0 unspecified atom stereocenters. The summed E-state index contributed by atoms with van der Waals surface area (Å²) in [5.41, 5.74) is 2.20. The standard InChI is InChI=1S/C23H18F3N7O2/c1-12-14(8-21(34)29-12)7-15-11-28-33-20(30-16-3-4-16)9-19(32-22(15)33)31-17-5-2-13(10-27)6-18(17)35-23(24,25)26/h2,5-7,9,11,16,30H,1,3-4,8H2,(H,29,34)(H,31,32)/b14-7+. The number of amides is 1. The molecule has 0 radical (unpaired) electrons. The van der Waals surface area contributed by atoms with Crippen LogP contribution in [-0.4, -0.2) is 32.9 Å². The minimum Gasteiger partial charge on any atom is -0.404 e. The zero-order chi connectivity index (χ0) is 24.7. The van der Waals surface area contributed by atoms with Crippen LogP contribution in [0.5, 0.6) is 5.75 Å². The molecule has 1 amide bonds. The van der Waals surface area contributed by atoms with Crippen molar-refractivity contribution in [2.45, 2.75) is 31.7 Å². The molecule has 1 saturated heterocycles. The lowest BCUT2D eigenvalue weighted by Crippen LogP contribution is -2.18. The van der Waals surface area contributed by atoms with Crippen molar-refractivity contribution in [2.24, 2.45) is 0 Å². The number of anilines is 3. The molecule has 9 nitrogen and oxygen atoms in total. The van der Waals surface area contributed by atoms with E-state index in [1.54, 1.807) is 28.9 Å². The number of halogens is 3. The Hall–Kier alpha value is -4.53. The van der Waals surface area contributed by atoms with Crippen LogP contribution in [0.15, 0.2) is 48.3 Å². The van der Waals surface area contributed by atoms with Crippen LogP contribution in [0.25, 0.3) is 11.7 Å². The van der Waals surface area contributed by atoms with Crippen LogP contribution in [0.4, 0.5) is 30.5 Å². The van der Waals surface area contributed by atoms with Gasteiger partial charge in [0, 0.05) is 29.4 Å². The molecule has 3 aromatic rings. The third-order valence-electron chi connectivity index (χ3n) is 5.39. The fraction of sp³-hybridized carbons (Fsp3) is 0.217. The predicted molar refractivity (Wildman–Crippen MR) is 121 cm³/mol. The molecule has 3 heterocycles. The van der Waals surface area contributed by atoms with Crippen molar-refractivity contribution < 1.29 is 22.7 Å². The number of nitrogens with one attached hydrogen (secondary N) is 3. The van der Waals surface area contributed by atoms with Crippen molar-refractivity contribution in [1.29, 1.82) is 5.26 Å². The average molecular weight is 481 g/mol. The van der Waals surface area contributed by atoms with Crippen molar-refractivity contribution in [3.63, 3.8) is 0 Å². The number of benzene rings is 1. The lowest BCUT2D eigenvalue weighted by Gasteiger charge is -2.16. The molecule has 0 atom stereocenters. The van der Waals surface area contributed by atoms with Gasteiger partial charge in [0.2, 0.25) is 5.91 Å². The third-order valence-corrected chi connectivity index (χ3v) is 5.39. The first-order chi connectivity index (χ1) is 16.7. The van der Waals surface area contributed by atoms with Crippen molar-refractivity contribution in [3.8, 4) is 11.8 Å². The number of allylic oxidation sites excluding steroid dienone is 1. The Bertz CT molecular complexity index is 1430. The SMILES string of the molecule is C=C1NC(=O)C/C1=C\c1cnn2c(NC3CC3)cc(Nc3ccc(C#N)cc3OC(F)(F)F)nc12. The molecule has 1 aliphatic carbocycles. The Labute approximate surface area is 196 Å². The summed E-state index contributed by atoms with van der Waals surface area (Å²) in [5.74, 6) is 0.104. The number of fused-ring (bicyclic) bond motifs is 1. The van der Waals surface area contributed by atoms with Gasteiger partial charge in [-0.2, -0.15) is 14.9 Å². The molecular weight excluding hydrogens is 463 g/mol. The van der Waals surface area contributed by atoms with Crippen molar-refractivity contribution >= 4 is 35.0 Å². The summed E-state index contributed by atoms with van der Waals surface area (Å²) < 4.78 is 44.6. The maximum absolute atomic E-state index is 13.0. The molecule has 0 bridgehead atoms. The zero-order valence-corrected chi connectivity index (χ0v) is 18.1. The van der Waals surface area contributed by atoms with Crippen LogP contribution in [0, 0.1) is 11.3 Å². The van der Waals surface area contributed by atoms with Gasteiger partial charge in [0.25, 0.3) is 0 Å². The topological polar surface area (TPSA) is 116 Å². The molecule has 2 fully saturated rings. The number of aromatic nitrogens is 3. The van der Waals surface area contributed by atoms with E-state index in [0.717, 1.165) is 18.9 Å². The van der Waals surface area contributed by atoms with E-state index >= 15 is 0 Å². The van der Waals surface area contributed by atoms with E-state index in [4.69, 9.17) is 5.26 Å². The van der Waals surface area contributed by atoms with Gasteiger partial charge >= 0.3 is 6.36 Å². The highest BCUT2D eigenvalue weighted by Crippen LogP contribution is 2.35. The normalized spacial score (nSPS) is 16.9. The predicted octanol–water partition coefficient (Wildman–Crippen LogP) is 4.23. The van der Waals surface area contributed by atoms with Crippen LogP contribution < -0.4 is 20.7 Å². The average Bonchev–Trinajstić information content (AvgIpc) is 3.42. The summed E-state index contributed by atoms with van der Waals surface area (Å²) >= 11 is 0. The number of carbonyl (C=O) groups excluding carboxylic acids is 1. The van der Waals surface area contributed by atoms with E-state index in [1.807, 2.05) is 0 Å². The fourth-order valence-electron chi connectivity index (χ4n) is 3.63. The van der Waals surface area contributed by atoms with Gasteiger partial charge in [-0.05, 0) is 36.6 Å². The third kappa shape index (κ3) is 4.89. The summed E-state index contributed by atoms with van der Waals surface area (Å²) in [7, 11) is 0. The van der Waals surface area contributed by atoms with Crippen LogP contribution in [0.1, 0.15) is 30.4 Å². The van der Waals surface area contributed by atoms with Crippen LogP contribution in [0.3, 0.4) is 0 Å². The first kappa shape index (κ1) is 22.3. The highest BCUT2D eigenvalue weighted by atomic mass is 19.4. The summed E-state index contributed by atoms with van der Waals surface area (Å²) in [5, 5.41) is 22.3. The number of hydrogen-bond donors (Lipinski definition) is 3. The van der Waals surface area contributed by atoms with Gasteiger partial charge in [0.15, 0.2) is 11.4 Å². The minimum absolute atomic E-state index is 0.0129. The van der Waals surface area contributed by atoms with Gasteiger partial charge in [-0.15, -0.1) is 13.2 Å². The second-order valence-electron chi connectivity index (χ2n) is 8.15. The lowest BCUT2D eigenvalue weighted by atomic mass is 10.1. The van der Waals surface area contributed by atoms with E-state index in [9.17, 15) is 18.0 Å². The molecule has 2 aromatic heterocycles. The van der Waals surface area contributed by atoms with Gasteiger partial charge in [-0.1, -0.05) is 6.58 Å². The van der Waals surface area contributed by atoms with E-state index in [0.29, 0.717) is 28.3 Å². The zero-order valence-electron chi connectivity index (χ0n) is 18.1. The molecule has 5 rings (SSSR count). The van der Waals surface area contributed by atoms with Gasteiger partial charge in [-0.3, -0.25) is 4.79 Å². The molecule has 12 heteroatoms. The summed E-state index contributed by atoms with van der Waals surface area (Å²) in [6.07, 6.45) is 0.535. The Kier molecular flexibility index (Phi) is 5.32. The second kappa shape index (κ2) is 8.35. The number of carbonyl (C=O) groups is 1. The number of hydrogen-bond acceptors (Lipinski definition) is 7. The Morgan fingerprint density at radius 3 is 2.77 bits per heavy atom. The molecule has 1 saturated carbocycles. The van der Waals surface area contributed by atoms with E-state index in [-0.39, 0.29) is 35.4 Å². The maximum Gasteiger partial charge on any atom is 0.573 e. The van der Waals surface area contributed by atoms with Crippen molar-refractivity contribution in [2.75, 3.05) is 10.6 Å². The first-order valence-electron chi connectivity index (χ1n) is 10.6. The van der Waals surface area contributed by atoms with Gasteiger partial charge in [-0.25, -0.2) is 4.98 Å². The summed E-state index contributed by atoms with van der Waals surface area (Å²) in [6, 6.07) is 7.38. The molecule has 178 valence electrons. The number of rotatable bonds is 6. The number of ether oxygens (including phenoxy) is 1. The van der Waals surface area contributed by atoms with Crippen LogP contribution in [0.2, 0.25) is 0 Å². The highest BCUT2D eigenvalue weighted by molar-refractivity contribution is 5.90. The highest BCUT2D eigenvalue weighted by Gasteiger charge is 2.32. The number of alkyl halides is 3. The molecule has 35 heavy (non-hydrogen) atoms. The maximum atomic E-state index is 13.0. The van der Waals surface area contributed by atoms with E-state index in [1.165, 1.54) is 12.1 Å². The van der Waals surface area contributed by atoms with Crippen molar-refractivity contribution in [1.82, 2.24) is 19.9 Å². The Morgan fingerprint density at radius 2 is 2.11 bits per heavy atom. The lowest BCUT2D eigenvalue weighted by molar-refractivity contribution is -0.274. The van der Waals surface area contributed by atoms with Gasteiger partial charge < -0.3 is 20.7 Å². The fourth-order valence-corrected chi connectivity index (χ4v) is 3.63. The van der Waals surface area contributed by atoms with E-state index < -0.39 is 12.1 Å².